The molecule has 0 bridgehead atoms. The van der Waals surface area contributed by atoms with Gasteiger partial charge in [-0.3, -0.25) is 10.1 Å². The average Bonchev–Trinajstić information content (AvgIpc) is 2.57. The van der Waals surface area contributed by atoms with Crippen LogP contribution in [-0.4, -0.2) is 19.7 Å². The van der Waals surface area contributed by atoms with Crippen molar-refractivity contribution in [1.82, 2.24) is 5.32 Å². The number of methoxy groups -OCH3 is 1. The third-order valence-electron chi connectivity index (χ3n) is 2.37. The van der Waals surface area contributed by atoms with Gasteiger partial charge >= 0.3 is 0 Å². The summed E-state index contributed by atoms with van der Waals surface area (Å²) < 4.78 is 4.90. The number of amides is 1. The molecule has 1 aromatic rings. The third-order valence-corrected chi connectivity index (χ3v) is 2.37. The zero-order valence-electron chi connectivity index (χ0n) is 8.67. The first-order valence-electron chi connectivity index (χ1n) is 4.91. The molecule has 0 fully saturated rings. The lowest BCUT2D eigenvalue weighted by Crippen LogP contribution is -2.15. The van der Waals surface area contributed by atoms with E-state index in [1.807, 2.05) is 12.1 Å². The van der Waals surface area contributed by atoms with E-state index < -0.39 is 0 Å². The third kappa shape index (κ3) is 2.34. The Hall–Kier alpha value is -1.39. The second kappa shape index (κ2) is 4.42. The Balaban J connectivity index is 2.03. The van der Waals surface area contributed by atoms with E-state index in [2.05, 4.69) is 16.7 Å². The molecule has 0 unspecified atom stereocenters. The summed E-state index contributed by atoms with van der Waals surface area (Å²) in [7, 11) is 1.65. The van der Waals surface area contributed by atoms with Crippen LogP contribution in [0, 0.1) is 0 Å². The number of benzene rings is 1. The molecule has 80 valence electrons. The molecule has 2 N–H and O–H groups in total. The largest absolute Gasteiger partial charge is 0.370 e. The predicted molar refractivity (Wildman–Crippen MR) is 57.5 cm³/mol. The van der Waals surface area contributed by atoms with Gasteiger partial charge in [-0.05, 0) is 17.2 Å². The lowest BCUT2D eigenvalue weighted by atomic mass is 10.1. The van der Waals surface area contributed by atoms with Crippen molar-refractivity contribution in [3.8, 4) is 0 Å². The van der Waals surface area contributed by atoms with Crippen LogP contribution in [-0.2, 0) is 22.5 Å². The number of rotatable bonds is 4. The highest BCUT2D eigenvalue weighted by molar-refractivity contribution is 5.99. The average molecular weight is 206 g/mol. The van der Waals surface area contributed by atoms with Gasteiger partial charge in [-0.25, -0.2) is 0 Å². The molecule has 0 spiro atoms. The highest BCUT2D eigenvalue weighted by atomic mass is 16.5. The highest BCUT2D eigenvalue weighted by Crippen LogP contribution is 2.23. The fourth-order valence-corrected chi connectivity index (χ4v) is 1.69. The van der Waals surface area contributed by atoms with E-state index in [4.69, 9.17) is 4.74 Å². The number of nitrogens with one attached hydrogen (secondary N) is 2. The van der Waals surface area contributed by atoms with E-state index in [-0.39, 0.29) is 5.91 Å². The Morgan fingerprint density at radius 1 is 1.53 bits per heavy atom. The molecular weight excluding hydrogens is 192 g/mol. The quantitative estimate of drug-likeness (QED) is 0.568. The molecule has 15 heavy (non-hydrogen) atoms. The van der Waals surface area contributed by atoms with Crippen LogP contribution in [0.15, 0.2) is 18.2 Å². The maximum absolute atomic E-state index is 11.1. The molecule has 1 aliphatic heterocycles. The molecule has 4 heteroatoms. The number of carbonyl (C=O) groups excluding carboxylic acids is 1. The molecule has 1 heterocycles. The SMILES string of the molecule is COCNCc1ccc2c(c1)CC(=O)N2. The van der Waals surface area contributed by atoms with Gasteiger partial charge in [-0.2, -0.15) is 0 Å². The van der Waals surface area contributed by atoms with Gasteiger partial charge in [-0.15, -0.1) is 0 Å². The van der Waals surface area contributed by atoms with Crippen LogP contribution < -0.4 is 10.6 Å². The van der Waals surface area contributed by atoms with Crippen LogP contribution in [0.25, 0.3) is 0 Å². The Morgan fingerprint density at radius 2 is 2.40 bits per heavy atom. The van der Waals surface area contributed by atoms with Crippen LogP contribution in [0.1, 0.15) is 11.1 Å². The predicted octanol–water partition coefficient (Wildman–Crippen LogP) is 0.875. The van der Waals surface area contributed by atoms with Gasteiger partial charge in [0.1, 0.15) is 0 Å². The molecule has 1 aliphatic rings. The Kier molecular flexibility index (Phi) is 2.99. The van der Waals surface area contributed by atoms with E-state index in [1.165, 1.54) is 5.56 Å². The van der Waals surface area contributed by atoms with Crippen molar-refractivity contribution in [1.29, 1.82) is 0 Å². The normalized spacial score (nSPS) is 13.8. The van der Waals surface area contributed by atoms with E-state index in [0.717, 1.165) is 17.8 Å². The topological polar surface area (TPSA) is 50.4 Å². The first-order chi connectivity index (χ1) is 7.29. The first-order valence-corrected chi connectivity index (χ1v) is 4.91. The van der Waals surface area contributed by atoms with Gasteiger partial charge in [0.2, 0.25) is 5.91 Å². The molecular formula is C11H14N2O2. The fraction of sp³-hybridized carbons (Fsp3) is 0.364. The number of carbonyl (C=O) groups is 1. The summed E-state index contributed by atoms with van der Waals surface area (Å²) >= 11 is 0. The second-order valence-electron chi connectivity index (χ2n) is 3.58. The molecule has 0 saturated heterocycles. The van der Waals surface area contributed by atoms with E-state index in [9.17, 15) is 4.79 Å². The van der Waals surface area contributed by atoms with Crippen molar-refractivity contribution >= 4 is 11.6 Å². The number of anilines is 1. The monoisotopic (exact) mass is 206 g/mol. The summed E-state index contributed by atoms with van der Waals surface area (Å²) in [6, 6.07) is 6.01. The molecule has 2 rings (SSSR count). The maximum Gasteiger partial charge on any atom is 0.228 e. The maximum atomic E-state index is 11.1. The van der Waals surface area contributed by atoms with Crippen molar-refractivity contribution in [3.05, 3.63) is 29.3 Å². The standard InChI is InChI=1S/C11H14N2O2/c1-15-7-12-6-8-2-3-10-9(4-8)5-11(14)13-10/h2-4,12H,5-7H2,1H3,(H,13,14). The second-order valence-corrected chi connectivity index (χ2v) is 3.58. The van der Waals surface area contributed by atoms with Crippen molar-refractivity contribution in [2.24, 2.45) is 0 Å². The van der Waals surface area contributed by atoms with Gasteiger partial charge in [-0.1, -0.05) is 12.1 Å². The minimum atomic E-state index is 0.0759. The van der Waals surface area contributed by atoms with Gasteiger partial charge in [0.05, 0.1) is 13.2 Å². The highest BCUT2D eigenvalue weighted by Gasteiger charge is 2.16. The summed E-state index contributed by atoms with van der Waals surface area (Å²) in [5, 5.41) is 5.93. The number of fused-ring (bicyclic) bond motifs is 1. The molecule has 0 aliphatic carbocycles. The summed E-state index contributed by atoms with van der Waals surface area (Å²) in [6.45, 7) is 1.30. The minimum Gasteiger partial charge on any atom is -0.370 e. The molecule has 1 amide bonds. The van der Waals surface area contributed by atoms with Crippen molar-refractivity contribution in [2.75, 3.05) is 19.2 Å². The van der Waals surface area contributed by atoms with Crippen molar-refractivity contribution in [2.45, 2.75) is 13.0 Å². The molecule has 0 radical (unpaired) electrons. The molecule has 0 atom stereocenters. The minimum absolute atomic E-state index is 0.0759. The zero-order chi connectivity index (χ0) is 10.7. The van der Waals surface area contributed by atoms with Gasteiger partial charge in [0.15, 0.2) is 0 Å². The van der Waals surface area contributed by atoms with E-state index in [0.29, 0.717) is 13.2 Å². The smallest absolute Gasteiger partial charge is 0.228 e. The van der Waals surface area contributed by atoms with Crippen LogP contribution in [0.4, 0.5) is 5.69 Å². The van der Waals surface area contributed by atoms with Gasteiger partial charge in [0, 0.05) is 19.3 Å². The van der Waals surface area contributed by atoms with Gasteiger partial charge in [0.25, 0.3) is 0 Å². The summed E-state index contributed by atoms with van der Waals surface area (Å²) in [4.78, 5) is 11.1. The number of hydrogen-bond acceptors (Lipinski definition) is 3. The molecule has 0 saturated carbocycles. The lowest BCUT2D eigenvalue weighted by Gasteiger charge is -2.05. The van der Waals surface area contributed by atoms with E-state index >= 15 is 0 Å². The van der Waals surface area contributed by atoms with E-state index in [1.54, 1.807) is 7.11 Å². The van der Waals surface area contributed by atoms with Crippen molar-refractivity contribution < 1.29 is 9.53 Å². The summed E-state index contributed by atoms with van der Waals surface area (Å²) in [5.41, 5.74) is 3.19. The zero-order valence-corrected chi connectivity index (χ0v) is 8.67. The Labute approximate surface area is 88.6 Å². The van der Waals surface area contributed by atoms with Crippen LogP contribution in [0.5, 0.6) is 0 Å². The Morgan fingerprint density at radius 3 is 3.20 bits per heavy atom. The van der Waals surface area contributed by atoms with Gasteiger partial charge < -0.3 is 10.1 Å². The number of ether oxygens (including phenoxy) is 1. The first kappa shape index (κ1) is 10.1. The summed E-state index contributed by atoms with van der Waals surface area (Å²) in [6.07, 6.45) is 0.494. The Bertz CT molecular complexity index is 377. The molecule has 1 aromatic carbocycles. The molecule has 0 aromatic heterocycles. The summed E-state index contributed by atoms with van der Waals surface area (Å²) in [5.74, 6) is 0.0759. The molecule has 4 nitrogen and oxygen atoms in total. The van der Waals surface area contributed by atoms with Crippen LogP contribution >= 0.6 is 0 Å². The number of hydrogen-bond donors (Lipinski definition) is 2. The lowest BCUT2D eigenvalue weighted by molar-refractivity contribution is -0.115. The van der Waals surface area contributed by atoms with Crippen LogP contribution in [0.2, 0.25) is 0 Å². The van der Waals surface area contributed by atoms with Crippen molar-refractivity contribution in [3.63, 3.8) is 0 Å². The van der Waals surface area contributed by atoms with Crippen LogP contribution in [0.3, 0.4) is 0 Å². The fourth-order valence-electron chi connectivity index (χ4n) is 1.69.